The Bertz CT molecular complexity index is 569. The predicted molar refractivity (Wildman–Crippen MR) is 94.8 cm³/mol. The Labute approximate surface area is 152 Å². The molecule has 9 heteroatoms. The van der Waals surface area contributed by atoms with Crippen LogP contribution in [0.2, 0.25) is 5.02 Å². The highest BCUT2D eigenvalue weighted by Crippen LogP contribution is 2.35. The minimum absolute atomic E-state index is 0. The fraction of sp³-hybridized carbons (Fsp3) is 0.467. The number of ether oxygens (including phenoxy) is 2. The maximum absolute atomic E-state index is 12.0. The third-order valence-corrected chi connectivity index (χ3v) is 3.47. The molecular weight excluding hydrogens is 359 g/mol. The van der Waals surface area contributed by atoms with Crippen molar-refractivity contribution in [1.82, 2.24) is 4.90 Å². The van der Waals surface area contributed by atoms with E-state index < -0.39 is 5.97 Å². The van der Waals surface area contributed by atoms with Gasteiger partial charge in [0.05, 0.1) is 31.4 Å². The number of hydrogen-bond donors (Lipinski definition) is 2. The number of carbonyl (C=O) groups excluding carboxylic acids is 1. The predicted octanol–water partition coefficient (Wildman–Crippen LogP) is 2.51. The Kier molecular flexibility index (Phi) is 10.2. The number of carboxylic acids is 1. The van der Waals surface area contributed by atoms with Crippen molar-refractivity contribution in [3.05, 3.63) is 17.2 Å². The first kappa shape index (κ1) is 22.3. The molecule has 0 bridgehead atoms. The lowest BCUT2D eigenvalue weighted by Crippen LogP contribution is -2.26. The van der Waals surface area contributed by atoms with Gasteiger partial charge < -0.3 is 24.8 Å². The molecule has 0 radical (unpaired) electrons. The van der Waals surface area contributed by atoms with Crippen molar-refractivity contribution in [2.45, 2.75) is 12.8 Å². The second-order valence-corrected chi connectivity index (χ2v) is 5.34. The van der Waals surface area contributed by atoms with E-state index >= 15 is 0 Å². The molecule has 1 aromatic carbocycles. The lowest BCUT2D eigenvalue weighted by atomic mass is 10.2. The SMILES string of the molecule is COc1cc(NC(=O)CCN(C)CCC(=O)O)c(OC)cc1Cl.Cl. The molecule has 0 aliphatic carbocycles. The molecule has 0 spiro atoms. The van der Waals surface area contributed by atoms with Crippen LogP contribution >= 0.6 is 24.0 Å². The summed E-state index contributed by atoms with van der Waals surface area (Å²) in [5, 5.41) is 11.7. The van der Waals surface area contributed by atoms with Crippen LogP contribution in [0.15, 0.2) is 12.1 Å². The highest BCUT2D eigenvalue weighted by atomic mass is 35.5. The van der Waals surface area contributed by atoms with Crippen LogP contribution in [-0.4, -0.2) is 56.2 Å². The van der Waals surface area contributed by atoms with Gasteiger partial charge in [-0.3, -0.25) is 9.59 Å². The van der Waals surface area contributed by atoms with Gasteiger partial charge in [-0.15, -0.1) is 12.4 Å². The first-order valence-electron chi connectivity index (χ1n) is 6.99. The molecule has 0 heterocycles. The summed E-state index contributed by atoms with van der Waals surface area (Å²) >= 11 is 6.01. The number of methoxy groups -OCH3 is 2. The van der Waals surface area contributed by atoms with E-state index in [4.69, 9.17) is 26.2 Å². The Hall–Kier alpha value is -1.70. The van der Waals surface area contributed by atoms with Gasteiger partial charge in [0.15, 0.2) is 0 Å². The van der Waals surface area contributed by atoms with Gasteiger partial charge in [-0.25, -0.2) is 0 Å². The largest absolute Gasteiger partial charge is 0.495 e. The second kappa shape index (κ2) is 11.0. The summed E-state index contributed by atoms with van der Waals surface area (Å²) in [5.41, 5.74) is 0.465. The molecule has 0 aromatic heterocycles. The second-order valence-electron chi connectivity index (χ2n) is 4.93. The van der Waals surface area contributed by atoms with Crippen molar-refractivity contribution in [2.75, 3.05) is 39.7 Å². The lowest BCUT2D eigenvalue weighted by Gasteiger charge is -2.16. The van der Waals surface area contributed by atoms with Crippen molar-refractivity contribution in [2.24, 2.45) is 0 Å². The van der Waals surface area contributed by atoms with Gasteiger partial charge in [-0.05, 0) is 7.05 Å². The van der Waals surface area contributed by atoms with Crippen LogP contribution < -0.4 is 14.8 Å². The first-order valence-corrected chi connectivity index (χ1v) is 7.37. The highest BCUT2D eigenvalue weighted by molar-refractivity contribution is 6.32. The van der Waals surface area contributed by atoms with Gasteiger partial charge in [0, 0.05) is 31.6 Å². The van der Waals surface area contributed by atoms with Crippen molar-refractivity contribution in [1.29, 1.82) is 0 Å². The Balaban J connectivity index is 0.00000529. The zero-order chi connectivity index (χ0) is 17.4. The molecule has 0 fully saturated rings. The summed E-state index contributed by atoms with van der Waals surface area (Å²) in [5.74, 6) is -0.209. The fourth-order valence-corrected chi connectivity index (χ4v) is 2.09. The topological polar surface area (TPSA) is 88.1 Å². The van der Waals surface area contributed by atoms with E-state index in [2.05, 4.69) is 5.32 Å². The molecule has 0 unspecified atom stereocenters. The van der Waals surface area contributed by atoms with E-state index in [0.717, 1.165) is 0 Å². The number of carboxylic acid groups (broad SMARTS) is 1. The molecule has 7 nitrogen and oxygen atoms in total. The Morgan fingerprint density at radius 2 is 1.75 bits per heavy atom. The maximum Gasteiger partial charge on any atom is 0.304 e. The number of carbonyl (C=O) groups is 2. The summed E-state index contributed by atoms with van der Waals surface area (Å²) in [7, 11) is 4.73. The average Bonchev–Trinajstić information content (AvgIpc) is 2.52. The van der Waals surface area contributed by atoms with Gasteiger partial charge in [0.1, 0.15) is 11.5 Å². The van der Waals surface area contributed by atoms with E-state index in [1.807, 2.05) is 0 Å². The summed E-state index contributed by atoms with van der Waals surface area (Å²) < 4.78 is 10.3. The number of nitrogens with zero attached hydrogens (tertiary/aromatic N) is 1. The number of nitrogens with one attached hydrogen (secondary N) is 1. The van der Waals surface area contributed by atoms with Crippen LogP contribution in [0, 0.1) is 0 Å². The first-order chi connectivity index (χ1) is 10.9. The van der Waals surface area contributed by atoms with Crippen molar-refractivity contribution >= 4 is 41.6 Å². The lowest BCUT2D eigenvalue weighted by molar-refractivity contribution is -0.137. The van der Waals surface area contributed by atoms with Crippen LogP contribution in [-0.2, 0) is 9.59 Å². The zero-order valence-electron chi connectivity index (χ0n) is 13.8. The van der Waals surface area contributed by atoms with Crippen molar-refractivity contribution < 1.29 is 24.2 Å². The maximum atomic E-state index is 12.0. The molecule has 1 aromatic rings. The van der Waals surface area contributed by atoms with Gasteiger partial charge in [0.2, 0.25) is 5.91 Å². The molecule has 0 aliphatic heterocycles. The Morgan fingerprint density at radius 1 is 1.17 bits per heavy atom. The average molecular weight is 381 g/mol. The van der Waals surface area contributed by atoms with Crippen LogP contribution in [0.3, 0.4) is 0 Å². The molecule has 0 aliphatic rings. The summed E-state index contributed by atoms with van der Waals surface area (Å²) in [6.07, 6.45) is 0.268. The molecular formula is C15H22Cl2N2O5. The number of amides is 1. The van der Waals surface area contributed by atoms with E-state index in [9.17, 15) is 9.59 Å². The van der Waals surface area contributed by atoms with Crippen LogP contribution in [0.25, 0.3) is 0 Å². The summed E-state index contributed by atoms with van der Waals surface area (Å²) in [6.45, 7) is 0.840. The number of hydrogen-bond acceptors (Lipinski definition) is 5. The minimum Gasteiger partial charge on any atom is -0.495 e. The number of aliphatic carboxylic acids is 1. The van der Waals surface area contributed by atoms with Gasteiger partial charge in [-0.2, -0.15) is 0 Å². The highest BCUT2D eigenvalue weighted by Gasteiger charge is 2.13. The monoisotopic (exact) mass is 380 g/mol. The fourth-order valence-electron chi connectivity index (χ4n) is 1.86. The van der Waals surface area contributed by atoms with E-state index in [-0.39, 0.29) is 31.2 Å². The molecule has 24 heavy (non-hydrogen) atoms. The number of benzene rings is 1. The van der Waals surface area contributed by atoms with Crippen LogP contribution in [0.5, 0.6) is 11.5 Å². The molecule has 0 saturated heterocycles. The van der Waals surface area contributed by atoms with Crippen LogP contribution in [0.4, 0.5) is 5.69 Å². The number of anilines is 1. The molecule has 2 N–H and O–H groups in total. The number of halogens is 2. The standard InChI is InChI=1S/C15H21ClN2O5.ClH/c1-18(7-5-15(20)21)6-4-14(19)17-11-9-12(22-2)10(16)8-13(11)23-3;/h8-9H,4-7H2,1-3H3,(H,17,19)(H,20,21);1H. The Morgan fingerprint density at radius 3 is 2.29 bits per heavy atom. The molecule has 0 atom stereocenters. The smallest absolute Gasteiger partial charge is 0.304 e. The number of rotatable bonds is 9. The third kappa shape index (κ3) is 7.25. The van der Waals surface area contributed by atoms with Crippen LogP contribution in [0.1, 0.15) is 12.8 Å². The molecule has 1 rings (SSSR count). The van der Waals surface area contributed by atoms with Crippen molar-refractivity contribution in [3.63, 3.8) is 0 Å². The zero-order valence-corrected chi connectivity index (χ0v) is 15.4. The van der Waals surface area contributed by atoms with Gasteiger partial charge in [-0.1, -0.05) is 11.6 Å². The molecule has 136 valence electrons. The third-order valence-electron chi connectivity index (χ3n) is 3.18. The van der Waals surface area contributed by atoms with Gasteiger partial charge in [0.25, 0.3) is 0 Å². The normalized spacial score (nSPS) is 10.0. The van der Waals surface area contributed by atoms with Gasteiger partial charge >= 0.3 is 5.97 Å². The summed E-state index contributed by atoms with van der Waals surface area (Å²) in [6, 6.07) is 3.15. The summed E-state index contributed by atoms with van der Waals surface area (Å²) in [4.78, 5) is 24.3. The van der Waals surface area contributed by atoms with Crippen molar-refractivity contribution in [3.8, 4) is 11.5 Å². The minimum atomic E-state index is -0.862. The quantitative estimate of drug-likeness (QED) is 0.684. The molecule has 0 saturated carbocycles. The van der Waals surface area contributed by atoms with E-state index in [1.54, 1.807) is 24.1 Å². The van der Waals surface area contributed by atoms with E-state index in [1.165, 1.54) is 14.2 Å². The molecule has 1 amide bonds. The van der Waals surface area contributed by atoms with E-state index in [0.29, 0.717) is 35.3 Å².